The second-order valence-corrected chi connectivity index (χ2v) is 3.29. The Morgan fingerprint density at radius 2 is 1.58 bits per heavy atom. The van der Waals surface area contributed by atoms with Crippen molar-refractivity contribution in [1.82, 2.24) is 0 Å². The van der Waals surface area contributed by atoms with E-state index in [1.165, 1.54) is 10.4 Å². The van der Waals surface area contributed by atoms with E-state index in [9.17, 15) is 0 Å². The SMILES string of the molecule is Cl.c1ccc(-c2cccs2)cc1. The van der Waals surface area contributed by atoms with Gasteiger partial charge in [-0.1, -0.05) is 36.4 Å². The highest BCUT2D eigenvalue weighted by Gasteiger charge is 1.93. The van der Waals surface area contributed by atoms with Crippen LogP contribution in [0.1, 0.15) is 0 Å². The summed E-state index contributed by atoms with van der Waals surface area (Å²) < 4.78 is 0. The zero-order chi connectivity index (χ0) is 7.52. The second-order valence-electron chi connectivity index (χ2n) is 2.34. The fourth-order valence-corrected chi connectivity index (χ4v) is 1.78. The van der Waals surface area contributed by atoms with Gasteiger partial charge in [0.05, 0.1) is 0 Å². The monoisotopic (exact) mass is 196 g/mol. The zero-order valence-electron chi connectivity index (χ0n) is 6.44. The lowest BCUT2D eigenvalue weighted by molar-refractivity contribution is 1.70. The smallest absolute Gasteiger partial charge is 0.0342 e. The normalized spacial score (nSPS) is 9.00. The molecular formula is C10H9ClS. The molecule has 0 fully saturated rings. The van der Waals surface area contributed by atoms with E-state index in [0.29, 0.717) is 0 Å². The van der Waals surface area contributed by atoms with Crippen molar-refractivity contribution in [1.29, 1.82) is 0 Å². The van der Waals surface area contributed by atoms with Crippen molar-refractivity contribution in [3.05, 3.63) is 47.8 Å². The van der Waals surface area contributed by atoms with E-state index in [2.05, 4.69) is 41.8 Å². The molecule has 0 amide bonds. The summed E-state index contributed by atoms with van der Waals surface area (Å²) in [4.78, 5) is 1.34. The first kappa shape index (κ1) is 9.30. The van der Waals surface area contributed by atoms with Crippen LogP contribution in [0, 0.1) is 0 Å². The van der Waals surface area contributed by atoms with Gasteiger partial charge in [0.15, 0.2) is 0 Å². The summed E-state index contributed by atoms with van der Waals surface area (Å²) in [6.45, 7) is 0. The molecule has 2 aromatic rings. The van der Waals surface area contributed by atoms with Crippen LogP contribution in [0.5, 0.6) is 0 Å². The molecule has 0 spiro atoms. The van der Waals surface area contributed by atoms with Gasteiger partial charge in [-0.05, 0) is 17.0 Å². The summed E-state index contributed by atoms with van der Waals surface area (Å²) in [5.41, 5.74) is 1.31. The Morgan fingerprint density at radius 3 is 2.17 bits per heavy atom. The molecule has 0 atom stereocenters. The summed E-state index contributed by atoms with van der Waals surface area (Å²) in [5.74, 6) is 0. The number of halogens is 1. The third kappa shape index (κ3) is 1.87. The van der Waals surface area contributed by atoms with Gasteiger partial charge < -0.3 is 0 Å². The highest BCUT2D eigenvalue weighted by molar-refractivity contribution is 7.13. The molecule has 2 heteroatoms. The van der Waals surface area contributed by atoms with Crippen molar-refractivity contribution >= 4 is 23.7 Å². The van der Waals surface area contributed by atoms with E-state index in [-0.39, 0.29) is 12.4 Å². The van der Waals surface area contributed by atoms with Gasteiger partial charge >= 0.3 is 0 Å². The molecule has 1 aromatic heterocycles. The van der Waals surface area contributed by atoms with Gasteiger partial charge in [0.1, 0.15) is 0 Å². The minimum atomic E-state index is 0. The van der Waals surface area contributed by atoms with Crippen LogP contribution >= 0.6 is 23.7 Å². The van der Waals surface area contributed by atoms with Crippen LogP contribution < -0.4 is 0 Å². The summed E-state index contributed by atoms with van der Waals surface area (Å²) in [7, 11) is 0. The van der Waals surface area contributed by atoms with Crippen molar-refractivity contribution in [3.8, 4) is 10.4 Å². The third-order valence-electron chi connectivity index (χ3n) is 1.58. The van der Waals surface area contributed by atoms with Crippen LogP contribution in [0.15, 0.2) is 47.8 Å². The zero-order valence-corrected chi connectivity index (χ0v) is 8.07. The Morgan fingerprint density at radius 1 is 0.833 bits per heavy atom. The van der Waals surface area contributed by atoms with Crippen molar-refractivity contribution in [2.45, 2.75) is 0 Å². The number of hydrogen-bond acceptors (Lipinski definition) is 1. The lowest BCUT2D eigenvalue weighted by Gasteiger charge is -1.93. The lowest BCUT2D eigenvalue weighted by atomic mass is 10.2. The third-order valence-corrected chi connectivity index (χ3v) is 2.50. The minimum absolute atomic E-state index is 0. The molecule has 0 N–H and O–H groups in total. The Kier molecular flexibility index (Phi) is 3.32. The Hall–Kier alpha value is -0.790. The molecule has 1 heterocycles. The number of thiophene rings is 1. The van der Waals surface area contributed by atoms with Crippen molar-refractivity contribution < 1.29 is 0 Å². The van der Waals surface area contributed by atoms with Crippen LogP contribution in [-0.2, 0) is 0 Å². The predicted molar refractivity (Wildman–Crippen MR) is 57.0 cm³/mol. The fraction of sp³-hybridized carbons (Fsp3) is 0. The molecule has 0 radical (unpaired) electrons. The highest BCUT2D eigenvalue weighted by Crippen LogP contribution is 2.23. The van der Waals surface area contributed by atoms with Crippen molar-refractivity contribution in [2.24, 2.45) is 0 Å². The molecule has 1 aromatic carbocycles. The number of rotatable bonds is 1. The molecule has 0 aliphatic rings. The maximum absolute atomic E-state index is 2.14. The molecule has 0 saturated heterocycles. The van der Waals surface area contributed by atoms with Gasteiger partial charge in [-0.25, -0.2) is 0 Å². The lowest BCUT2D eigenvalue weighted by Crippen LogP contribution is -1.67. The maximum atomic E-state index is 2.14. The number of hydrogen-bond donors (Lipinski definition) is 0. The molecule has 12 heavy (non-hydrogen) atoms. The molecule has 0 bridgehead atoms. The van der Waals surface area contributed by atoms with Gasteiger partial charge in [0.25, 0.3) is 0 Å². The topological polar surface area (TPSA) is 0 Å². The summed E-state index contributed by atoms with van der Waals surface area (Å²) in [5, 5.41) is 2.10. The first-order chi connectivity index (χ1) is 5.47. The van der Waals surface area contributed by atoms with Crippen LogP contribution in [0.3, 0.4) is 0 Å². The quantitative estimate of drug-likeness (QED) is 0.650. The number of benzene rings is 1. The molecule has 0 saturated carbocycles. The average Bonchev–Trinajstić information content (AvgIpc) is 2.58. The Balaban J connectivity index is 0.000000720. The van der Waals surface area contributed by atoms with Gasteiger partial charge in [-0.2, -0.15) is 0 Å². The molecular weight excluding hydrogens is 188 g/mol. The van der Waals surface area contributed by atoms with E-state index in [1.54, 1.807) is 11.3 Å². The minimum Gasteiger partial charge on any atom is -0.147 e. The van der Waals surface area contributed by atoms with Crippen LogP contribution in [0.25, 0.3) is 10.4 Å². The van der Waals surface area contributed by atoms with Crippen molar-refractivity contribution in [3.63, 3.8) is 0 Å². The Bertz CT molecular complexity index is 313. The first-order valence-corrected chi connectivity index (χ1v) is 4.44. The molecule has 2 rings (SSSR count). The summed E-state index contributed by atoms with van der Waals surface area (Å²) in [6.07, 6.45) is 0. The van der Waals surface area contributed by atoms with Gasteiger partial charge in [-0.3, -0.25) is 0 Å². The van der Waals surface area contributed by atoms with E-state index >= 15 is 0 Å². The maximum Gasteiger partial charge on any atom is 0.0342 e. The second kappa shape index (κ2) is 4.29. The van der Waals surface area contributed by atoms with Crippen LogP contribution in [0.4, 0.5) is 0 Å². The van der Waals surface area contributed by atoms with Crippen LogP contribution in [-0.4, -0.2) is 0 Å². The average molecular weight is 197 g/mol. The van der Waals surface area contributed by atoms with Gasteiger partial charge in [-0.15, -0.1) is 23.7 Å². The predicted octanol–water partition coefficient (Wildman–Crippen LogP) is 3.84. The fourth-order valence-electron chi connectivity index (χ4n) is 1.05. The standard InChI is InChI=1S/C10H8S.ClH/c1-2-5-9(6-3-1)10-7-4-8-11-10;/h1-8H;1H. The van der Waals surface area contributed by atoms with Gasteiger partial charge in [0, 0.05) is 4.88 Å². The molecule has 0 nitrogen and oxygen atoms in total. The molecule has 0 aliphatic carbocycles. The van der Waals surface area contributed by atoms with E-state index in [1.807, 2.05) is 6.07 Å². The largest absolute Gasteiger partial charge is 0.147 e. The first-order valence-electron chi connectivity index (χ1n) is 3.56. The van der Waals surface area contributed by atoms with E-state index < -0.39 is 0 Å². The van der Waals surface area contributed by atoms with E-state index in [4.69, 9.17) is 0 Å². The molecule has 0 unspecified atom stereocenters. The molecule has 0 aliphatic heterocycles. The highest BCUT2D eigenvalue weighted by atomic mass is 35.5. The van der Waals surface area contributed by atoms with Gasteiger partial charge in [0.2, 0.25) is 0 Å². The molecule has 62 valence electrons. The van der Waals surface area contributed by atoms with Crippen molar-refractivity contribution in [2.75, 3.05) is 0 Å². The Labute approximate surface area is 82.3 Å². The summed E-state index contributed by atoms with van der Waals surface area (Å²) in [6, 6.07) is 14.6. The summed E-state index contributed by atoms with van der Waals surface area (Å²) >= 11 is 1.78. The van der Waals surface area contributed by atoms with E-state index in [0.717, 1.165) is 0 Å². The van der Waals surface area contributed by atoms with Crippen LogP contribution in [0.2, 0.25) is 0 Å².